The molecule has 4 aliphatic rings. The van der Waals surface area contributed by atoms with Gasteiger partial charge in [-0.1, -0.05) is 31.9 Å². The summed E-state index contributed by atoms with van der Waals surface area (Å²) in [6.07, 6.45) is 14.3. The highest BCUT2D eigenvalue weighted by Crippen LogP contribution is 2.64. The molecule has 4 aliphatic carbocycles. The monoisotopic (exact) mass is 274 g/mol. The highest BCUT2D eigenvalue weighted by Gasteiger charge is 2.55. The lowest BCUT2D eigenvalue weighted by atomic mass is 9.48. The first-order valence-corrected chi connectivity index (χ1v) is 8.90. The van der Waals surface area contributed by atoms with Gasteiger partial charge in [-0.25, -0.2) is 0 Å². The van der Waals surface area contributed by atoms with Crippen molar-refractivity contribution in [3.05, 3.63) is 11.6 Å². The van der Waals surface area contributed by atoms with Gasteiger partial charge in [0.25, 0.3) is 0 Å². The van der Waals surface area contributed by atoms with Gasteiger partial charge in [0, 0.05) is 0 Å². The van der Waals surface area contributed by atoms with Crippen LogP contribution >= 0.6 is 0 Å². The molecule has 0 amide bonds. The average molecular weight is 274 g/mol. The number of aliphatic hydroxyl groups excluding tert-OH is 1. The second-order valence-electron chi connectivity index (χ2n) is 8.74. The first kappa shape index (κ1) is 13.4. The molecule has 0 unspecified atom stereocenters. The fourth-order valence-electron chi connectivity index (χ4n) is 6.63. The lowest BCUT2D eigenvalue weighted by Gasteiger charge is -2.57. The van der Waals surface area contributed by atoms with Crippen molar-refractivity contribution in [3.8, 4) is 0 Å². The van der Waals surface area contributed by atoms with Crippen molar-refractivity contribution in [1.82, 2.24) is 0 Å². The van der Waals surface area contributed by atoms with E-state index in [1.807, 2.05) is 0 Å². The van der Waals surface area contributed by atoms with Gasteiger partial charge < -0.3 is 5.11 Å². The van der Waals surface area contributed by atoms with E-state index in [9.17, 15) is 5.11 Å². The number of fused-ring (bicyclic) bond motifs is 5. The molecule has 0 saturated heterocycles. The van der Waals surface area contributed by atoms with E-state index in [-0.39, 0.29) is 6.10 Å². The van der Waals surface area contributed by atoms with Crippen LogP contribution in [0.25, 0.3) is 0 Å². The molecule has 0 spiro atoms. The van der Waals surface area contributed by atoms with E-state index in [0.29, 0.717) is 10.8 Å². The second kappa shape index (κ2) is 4.35. The Kier molecular flexibility index (Phi) is 2.91. The van der Waals surface area contributed by atoms with Gasteiger partial charge in [0.05, 0.1) is 6.10 Å². The normalized spacial score (nSPS) is 54.6. The largest absolute Gasteiger partial charge is 0.393 e. The summed E-state index contributed by atoms with van der Waals surface area (Å²) in [7, 11) is 0. The van der Waals surface area contributed by atoms with Crippen molar-refractivity contribution in [3.63, 3.8) is 0 Å². The number of allylic oxidation sites excluding steroid dienone is 1. The maximum absolute atomic E-state index is 10.0. The number of rotatable bonds is 0. The number of aliphatic hydroxyl groups is 1. The number of hydrogen-bond acceptors (Lipinski definition) is 1. The molecular formula is C19H30O. The van der Waals surface area contributed by atoms with Crippen LogP contribution in [0.1, 0.15) is 71.6 Å². The Hall–Kier alpha value is -0.300. The summed E-state index contributed by atoms with van der Waals surface area (Å²) in [5, 5.41) is 10.0. The summed E-state index contributed by atoms with van der Waals surface area (Å²) in [5.41, 5.74) is 2.70. The van der Waals surface area contributed by atoms with E-state index >= 15 is 0 Å². The highest BCUT2D eigenvalue weighted by molar-refractivity contribution is 5.25. The highest BCUT2D eigenvalue weighted by atomic mass is 16.3. The minimum atomic E-state index is -0.0637. The molecule has 0 radical (unpaired) electrons. The van der Waals surface area contributed by atoms with E-state index in [1.54, 1.807) is 5.57 Å². The Morgan fingerprint density at radius 3 is 2.75 bits per heavy atom. The molecule has 20 heavy (non-hydrogen) atoms. The molecule has 0 bridgehead atoms. The fourth-order valence-corrected chi connectivity index (χ4v) is 6.63. The van der Waals surface area contributed by atoms with E-state index in [4.69, 9.17) is 0 Å². The van der Waals surface area contributed by atoms with Gasteiger partial charge in [0.1, 0.15) is 0 Å². The molecule has 0 aromatic heterocycles. The van der Waals surface area contributed by atoms with Crippen LogP contribution in [0.3, 0.4) is 0 Å². The maximum Gasteiger partial charge on any atom is 0.0577 e. The van der Waals surface area contributed by atoms with Gasteiger partial charge in [0.2, 0.25) is 0 Å². The predicted molar refractivity (Wildman–Crippen MR) is 82.3 cm³/mol. The zero-order valence-electron chi connectivity index (χ0n) is 13.2. The van der Waals surface area contributed by atoms with Crippen LogP contribution in [0.15, 0.2) is 11.6 Å². The third-order valence-corrected chi connectivity index (χ3v) is 7.86. The topological polar surface area (TPSA) is 20.2 Å². The lowest BCUT2D eigenvalue weighted by Crippen LogP contribution is -2.49. The van der Waals surface area contributed by atoms with Gasteiger partial charge in [-0.05, 0) is 80.0 Å². The zero-order chi connectivity index (χ0) is 14.0. The van der Waals surface area contributed by atoms with Gasteiger partial charge in [-0.15, -0.1) is 0 Å². The van der Waals surface area contributed by atoms with Crippen LogP contribution < -0.4 is 0 Å². The van der Waals surface area contributed by atoms with E-state index in [2.05, 4.69) is 19.9 Å². The molecule has 0 aliphatic heterocycles. The van der Waals surface area contributed by atoms with Gasteiger partial charge in [-0.3, -0.25) is 0 Å². The van der Waals surface area contributed by atoms with Crippen LogP contribution in [0, 0.1) is 28.6 Å². The van der Waals surface area contributed by atoms with Crippen molar-refractivity contribution in [1.29, 1.82) is 0 Å². The summed E-state index contributed by atoms with van der Waals surface area (Å²) in [6.45, 7) is 5.10. The van der Waals surface area contributed by atoms with Crippen LogP contribution in [0.2, 0.25) is 0 Å². The van der Waals surface area contributed by atoms with Gasteiger partial charge >= 0.3 is 0 Å². The van der Waals surface area contributed by atoms with Gasteiger partial charge in [-0.2, -0.15) is 0 Å². The molecular weight excluding hydrogens is 244 g/mol. The molecule has 1 N–H and O–H groups in total. The van der Waals surface area contributed by atoms with Crippen molar-refractivity contribution in [2.45, 2.75) is 77.7 Å². The van der Waals surface area contributed by atoms with Crippen LogP contribution in [0.4, 0.5) is 0 Å². The van der Waals surface area contributed by atoms with E-state index in [0.717, 1.165) is 30.6 Å². The van der Waals surface area contributed by atoms with Crippen LogP contribution in [-0.4, -0.2) is 11.2 Å². The number of hydrogen-bond donors (Lipinski definition) is 1. The molecule has 3 saturated carbocycles. The Bertz CT molecular complexity index is 439. The first-order chi connectivity index (χ1) is 9.53. The van der Waals surface area contributed by atoms with Crippen LogP contribution in [-0.2, 0) is 0 Å². The quantitative estimate of drug-likeness (QED) is 0.635. The second-order valence-corrected chi connectivity index (χ2v) is 8.74. The molecule has 3 fully saturated rings. The molecule has 6 atom stereocenters. The van der Waals surface area contributed by atoms with E-state index in [1.165, 1.54) is 44.9 Å². The molecule has 0 aromatic carbocycles. The summed E-state index contributed by atoms with van der Waals surface area (Å²) in [5.74, 6) is 2.84. The minimum Gasteiger partial charge on any atom is -0.393 e. The Balaban J connectivity index is 1.68. The van der Waals surface area contributed by atoms with Crippen LogP contribution in [0.5, 0.6) is 0 Å². The standard InChI is InChI=1S/C19H30O/c1-18-9-3-4-16(18)15-6-5-13-12-14(20)7-11-19(13,2)17(15)8-10-18/h5,14-17,20H,3-4,6-12H2,1-2H3/t14-,15-,16-,17+,18-,19-/m0/s1. The maximum atomic E-state index is 10.0. The molecule has 4 rings (SSSR count). The third-order valence-electron chi connectivity index (χ3n) is 7.86. The molecule has 112 valence electrons. The lowest BCUT2D eigenvalue weighted by molar-refractivity contribution is -0.0360. The van der Waals surface area contributed by atoms with Crippen molar-refractivity contribution in [2.75, 3.05) is 0 Å². The smallest absolute Gasteiger partial charge is 0.0577 e. The average Bonchev–Trinajstić information content (AvgIpc) is 2.81. The van der Waals surface area contributed by atoms with Crippen molar-refractivity contribution in [2.24, 2.45) is 28.6 Å². The SMILES string of the molecule is C[C@@]12CCC[C@H]1[C@@H]1CC=C3C[C@@H](O)CC[C@]3(C)[C@@H]1CC2. The first-order valence-electron chi connectivity index (χ1n) is 8.90. The summed E-state index contributed by atoms with van der Waals surface area (Å²) in [4.78, 5) is 0. The minimum absolute atomic E-state index is 0.0637. The summed E-state index contributed by atoms with van der Waals surface area (Å²) < 4.78 is 0. The zero-order valence-corrected chi connectivity index (χ0v) is 13.2. The summed E-state index contributed by atoms with van der Waals surface area (Å²) >= 11 is 0. The predicted octanol–water partition coefficient (Wildman–Crippen LogP) is 4.70. The third kappa shape index (κ3) is 1.71. The molecule has 0 heterocycles. The fraction of sp³-hybridized carbons (Fsp3) is 0.895. The Morgan fingerprint density at radius 2 is 1.90 bits per heavy atom. The van der Waals surface area contributed by atoms with E-state index < -0.39 is 0 Å². The van der Waals surface area contributed by atoms with Crippen molar-refractivity contribution < 1.29 is 5.11 Å². The van der Waals surface area contributed by atoms with Crippen molar-refractivity contribution >= 4 is 0 Å². The molecule has 0 aromatic rings. The summed E-state index contributed by atoms with van der Waals surface area (Å²) in [6, 6.07) is 0. The van der Waals surface area contributed by atoms with Gasteiger partial charge in [0.15, 0.2) is 0 Å². The molecule has 1 heteroatoms. The Morgan fingerprint density at radius 1 is 1.05 bits per heavy atom. The molecule has 1 nitrogen and oxygen atoms in total. The Labute approximate surface area is 123 Å².